The highest BCUT2D eigenvalue weighted by molar-refractivity contribution is 5.53. The average molecular weight is 405 g/mol. The normalized spacial score (nSPS) is 20.5. The van der Waals surface area contributed by atoms with Crippen LogP contribution in [0.5, 0.6) is 5.88 Å². The van der Waals surface area contributed by atoms with E-state index in [4.69, 9.17) is 14.2 Å². The molecule has 6 heteroatoms. The van der Waals surface area contributed by atoms with Gasteiger partial charge in [0.15, 0.2) is 0 Å². The lowest BCUT2D eigenvalue weighted by Gasteiger charge is -2.22. The van der Waals surface area contributed by atoms with Gasteiger partial charge >= 0.3 is 0 Å². The molecule has 1 saturated heterocycles. The average Bonchev–Trinajstić information content (AvgIpc) is 3.45. The summed E-state index contributed by atoms with van der Waals surface area (Å²) < 4.78 is 11.7. The Morgan fingerprint density at radius 1 is 0.967 bits per heavy atom. The number of hydrogen-bond donors (Lipinski definition) is 0. The number of pyridine rings is 1. The Bertz CT molecular complexity index is 935. The highest BCUT2D eigenvalue weighted by Gasteiger charge is 2.30. The molecule has 30 heavy (non-hydrogen) atoms. The fraction of sp³-hybridized carbons (Fsp3) is 0.458. The Morgan fingerprint density at radius 3 is 2.63 bits per heavy atom. The van der Waals surface area contributed by atoms with Crippen LogP contribution in [-0.4, -0.2) is 32.7 Å². The predicted molar refractivity (Wildman–Crippen MR) is 114 cm³/mol. The molecule has 0 bridgehead atoms. The zero-order chi connectivity index (χ0) is 20.2. The van der Waals surface area contributed by atoms with E-state index in [9.17, 15) is 0 Å². The molecule has 1 aliphatic carbocycles. The molecule has 2 fully saturated rings. The second-order valence-electron chi connectivity index (χ2n) is 8.33. The van der Waals surface area contributed by atoms with Crippen molar-refractivity contribution in [2.75, 3.05) is 6.54 Å². The highest BCUT2D eigenvalue weighted by Crippen LogP contribution is 2.33. The summed E-state index contributed by atoms with van der Waals surface area (Å²) in [5.41, 5.74) is 2.16. The first-order valence-corrected chi connectivity index (χ1v) is 11.1. The first-order valence-electron chi connectivity index (χ1n) is 11.1. The summed E-state index contributed by atoms with van der Waals surface area (Å²) in [5.74, 6) is 1.97. The minimum absolute atomic E-state index is 0.174. The van der Waals surface area contributed by atoms with E-state index in [1.54, 1.807) is 6.20 Å². The van der Waals surface area contributed by atoms with Gasteiger partial charge in [-0.25, -0.2) is 4.98 Å². The predicted octanol–water partition coefficient (Wildman–Crippen LogP) is 5.18. The molecule has 1 saturated carbocycles. The third kappa shape index (κ3) is 4.38. The second-order valence-corrected chi connectivity index (χ2v) is 8.33. The quantitative estimate of drug-likeness (QED) is 0.564. The minimum atomic E-state index is 0.174. The van der Waals surface area contributed by atoms with Crippen molar-refractivity contribution in [3.8, 4) is 17.3 Å². The largest absolute Gasteiger partial charge is 0.474 e. The summed E-state index contributed by atoms with van der Waals surface area (Å²) in [4.78, 5) is 11.6. The minimum Gasteiger partial charge on any atom is -0.474 e. The van der Waals surface area contributed by atoms with Crippen LogP contribution in [0.3, 0.4) is 0 Å². The SMILES string of the molecule is c1ccc(CN2CCCC2c2nc(-c3ccc(OC4CCCCC4)nc3)no2)cc1. The van der Waals surface area contributed by atoms with Gasteiger partial charge in [0, 0.05) is 24.4 Å². The maximum absolute atomic E-state index is 6.02. The van der Waals surface area contributed by atoms with E-state index in [2.05, 4.69) is 45.4 Å². The summed E-state index contributed by atoms with van der Waals surface area (Å²) in [6, 6.07) is 14.6. The van der Waals surface area contributed by atoms with Crippen molar-refractivity contribution < 1.29 is 9.26 Å². The van der Waals surface area contributed by atoms with Gasteiger partial charge in [0.05, 0.1) is 6.04 Å². The number of benzene rings is 1. The van der Waals surface area contributed by atoms with Crippen molar-refractivity contribution >= 4 is 0 Å². The Balaban J connectivity index is 1.25. The zero-order valence-electron chi connectivity index (χ0n) is 17.2. The molecule has 1 atom stereocenters. The fourth-order valence-electron chi connectivity index (χ4n) is 4.54. The molecule has 3 heterocycles. The van der Waals surface area contributed by atoms with Crippen molar-refractivity contribution in [2.24, 2.45) is 0 Å². The second kappa shape index (κ2) is 8.96. The first-order chi connectivity index (χ1) is 14.8. The number of aromatic nitrogens is 3. The molecule has 5 rings (SSSR count). The summed E-state index contributed by atoms with van der Waals surface area (Å²) in [7, 11) is 0. The van der Waals surface area contributed by atoms with Gasteiger partial charge in [-0.15, -0.1) is 0 Å². The summed E-state index contributed by atoms with van der Waals surface area (Å²) in [5, 5.41) is 4.22. The third-order valence-electron chi connectivity index (χ3n) is 6.15. The molecule has 0 N–H and O–H groups in total. The smallest absolute Gasteiger partial charge is 0.244 e. The summed E-state index contributed by atoms with van der Waals surface area (Å²) >= 11 is 0. The van der Waals surface area contributed by atoms with Crippen molar-refractivity contribution in [1.29, 1.82) is 0 Å². The topological polar surface area (TPSA) is 64.3 Å². The molecule has 6 nitrogen and oxygen atoms in total. The lowest BCUT2D eigenvalue weighted by molar-refractivity contribution is 0.148. The molecule has 1 aromatic carbocycles. The standard InChI is InChI=1S/C24H28N4O2/c1-3-8-18(9-4-1)17-28-15-7-12-21(28)24-26-23(27-30-24)19-13-14-22(25-16-19)29-20-10-5-2-6-11-20/h1,3-4,8-9,13-14,16,20-21H,2,5-7,10-12,15,17H2. The molecule has 0 amide bonds. The molecule has 1 unspecified atom stereocenters. The molecule has 0 radical (unpaired) electrons. The fourth-order valence-corrected chi connectivity index (χ4v) is 4.54. The lowest BCUT2D eigenvalue weighted by Crippen LogP contribution is -2.22. The van der Waals surface area contributed by atoms with Crippen LogP contribution in [0.2, 0.25) is 0 Å². The Labute approximate surface area is 177 Å². The number of rotatable bonds is 6. The van der Waals surface area contributed by atoms with E-state index in [1.165, 1.54) is 24.8 Å². The molecule has 0 spiro atoms. The van der Waals surface area contributed by atoms with Crippen LogP contribution in [0.1, 0.15) is 62.4 Å². The van der Waals surface area contributed by atoms with Gasteiger partial charge < -0.3 is 9.26 Å². The molecule has 1 aliphatic heterocycles. The van der Waals surface area contributed by atoms with Crippen molar-refractivity contribution in [3.63, 3.8) is 0 Å². The Kier molecular flexibility index (Phi) is 5.75. The van der Waals surface area contributed by atoms with Crippen LogP contribution in [0.4, 0.5) is 0 Å². The van der Waals surface area contributed by atoms with E-state index in [0.717, 1.165) is 44.3 Å². The third-order valence-corrected chi connectivity index (χ3v) is 6.15. The zero-order valence-corrected chi connectivity index (χ0v) is 17.2. The molecular formula is C24H28N4O2. The molecule has 156 valence electrons. The number of nitrogens with zero attached hydrogens (tertiary/aromatic N) is 4. The Hall–Kier alpha value is -2.73. The number of hydrogen-bond acceptors (Lipinski definition) is 6. The molecule has 2 aromatic heterocycles. The van der Waals surface area contributed by atoms with Crippen LogP contribution in [0.25, 0.3) is 11.4 Å². The van der Waals surface area contributed by atoms with Gasteiger partial charge in [-0.3, -0.25) is 4.90 Å². The lowest BCUT2D eigenvalue weighted by atomic mass is 9.98. The maximum Gasteiger partial charge on any atom is 0.244 e. The van der Waals surface area contributed by atoms with Gasteiger partial charge in [-0.2, -0.15) is 4.98 Å². The van der Waals surface area contributed by atoms with Crippen molar-refractivity contribution in [3.05, 3.63) is 60.1 Å². The molecule has 3 aromatic rings. The van der Waals surface area contributed by atoms with E-state index < -0.39 is 0 Å². The Morgan fingerprint density at radius 2 is 1.83 bits per heavy atom. The van der Waals surface area contributed by atoms with Gasteiger partial charge in [0.1, 0.15) is 6.10 Å². The van der Waals surface area contributed by atoms with Crippen LogP contribution in [-0.2, 0) is 6.54 Å². The van der Waals surface area contributed by atoms with Gasteiger partial charge in [-0.05, 0) is 56.7 Å². The van der Waals surface area contributed by atoms with Crippen LogP contribution in [0.15, 0.2) is 53.2 Å². The first kappa shape index (κ1) is 19.2. The van der Waals surface area contributed by atoms with Gasteiger partial charge in [0.2, 0.25) is 17.6 Å². The highest BCUT2D eigenvalue weighted by atomic mass is 16.5. The van der Waals surface area contributed by atoms with Crippen LogP contribution >= 0.6 is 0 Å². The number of ether oxygens (including phenoxy) is 1. The van der Waals surface area contributed by atoms with Gasteiger partial charge in [-0.1, -0.05) is 41.9 Å². The van der Waals surface area contributed by atoms with Crippen LogP contribution in [0, 0.1) is 0 Å². The van der Waals surface area contributed by atoms with E-state index >= 15 is 0 Å². The van der Waals surface area contributed by atoms with Gasteiger partial charge in [0.25, 0.3) is 0 Å². The summed E-state index contributed by atoms with van der Waals surface area (Å²) in [6.45, 7) is 1.95. The van der Waals surface area contributed by atoms with E-state index in [0.29, 0.717) is 23.7 Å². The van der Waals surface area contributed by atoms with E-state index in [-0.39, 0.29) is 6.04 Å². The van der Waals surface area contributed by atoms with E-state index in [1.807, 2.05) is 12.1 Å². The van der Waals surface area contributed by atoms with Crippen molar-refractivity contribution in [1.82, 2.24) is 20.0 Å². The number of likely N-dealkylation sites (tertiary alicyclic amines) is 1. The molecule has 2 aliphatic rings. The molecular weight excluding hydrogens is 376 g/mol. The van der Waals surface area contributed by atoms with Crippen molar-refractivity contribution in [2.45, 2.75) is 63.6 Å². The van der Waals surface area contributed by atoms with Crippen LogP contribution < -0.4 is 4.74 Å². The maximum atomic E-state index is 6.02. The monoisotopic (exact) mass is 404 g/mol. The summed E-state index contributed by atoms with van der Waals surface area (Å²) in [6.07, 6.45) is 10.3.